The van der Waals surface area contributed by atoms with Crippen LogP contribution in [0.4, 0.5) is 0 Å². The molecule has 2 aromatic rings. The first kappa shape index (κ1) is 19.9. The molecule has 1 aliphatic rings. The van der Waals surface area contributed by atoms with Gasteiger partial charge in [-0.1, -0.05) is 6.92 Å². The Balaban J connectivity index is 2.19. The lowest BCUT2D eigenvalue weighted by molar-refractivity contribution is -0.139. The Bertz CT molecular complexity index is 946. The van der Waals surface area contributed by atoms with Crippen LogP contribution in [0.25, 0.3) is 5.76 Å². The average molecular weight is 401 g/mol. The van der Waals surface area contributed by atoms with E-state index in [2.05, 4.69) is 0 Å². The third-order valence-corrected chi connectivity index (χ3v) is 5.88. The van der Waals surface area contributed by atoms with Crippen molar-refractivity contribution in [3.05, 3.63) is 51.2 Å². The summed E-state index contributed by atoms with van der Waals surface area (Å²) < 4.78 is 10.5. The number of Topliss-reactive ketones (excluding diaryl/α,β-unsaturated/α-hetero) is 1. The number of methoxy groups -OCH3 is 2. The standard InChI is InChI=1S/C21H23NO5S/c1-5-9-22-17(20-12(2)8-10-28-20)16(19(24)21(22)25)18(23)13-6-7-14(26-3)15(11-13)27-4/h6-8,10-11,17,23H,5,9H2,1-4H3/b18-16-. The van der Waals surface area contributed by atoms with Crippen LogP contribution in [0.15, 0.2) is 35.2 Å². The molecule has 6 nitrogen and oxygen atoms in total. The van der Waals surface area contributed by atoms with Gasteiger partial charge < -0.3 is 19.5 Å². The Morgan fingerprint density at radius 3 is 2.46 bits per heavy atom. The molecule has 1 saturated heterocycles. The quantitative estimate of drug-likeness (QED) is 0.451. The molecule has 0 aliphatic carbocycles. The van der Waals surface area contributed by atoms with Gasteiger partial charge in [-0.2, -0.15) is 0 Å². The summed E-state index contributed by atoms with van der Waals surface area (Å²) in [6.07, 6.45) is 0.713. The van der Waals surface area contributed by atoms with Gasteiger partial charge in [0.1, 0.15) is 5.76 Å². The summed E-state index contributed by atoms with van der Waals surface area (Å²) >= 11 is 1.47. The van der Waals surface area contributed by atoms with Crippen LogP contribution in [0, 0.1) is 6.92 Å². The van der Waals surface area contributed by atoms with Crippen molar-refractivity contribution in [1.82, 2.24) is 4.90 Å². The first-order chi connectivity index (χ1) is 13.4. The highest BCUT2D eigenvalue weighted by Crippen LogP contribution is 2.43. The normalized spacial score (nSPS) is 18.6. The SMILES string of the molecule is CCCN1C(=O)C(=O)/C(=C(\O)c2ccc(OC)c(OC)c2)C1c1sccc1C. The van der Waals surface area contributed by atoms with Gasteiger partial charge in [0.15, 0.2) is 11.5 Å². The number of benzene rings is 1. The van der Waals surface area contributed by atoms with E-state index in [0.717, 1.165) is 10.4 Å². The fourth-order valence-electron chi connectivity index (χ4n) is 3.43. The van der Waals surface area contributed by atoms with Crippen LogP contribution in [0.1, 0.15) is 35.4 Å². The Kier molecular flexibility index (Phi) is 5.74. The number of amides is 1. The second-order valence-electron chi connectivity index (χ2n) is 6.53. The Labute approximate surface area is 168 Å². The summed E-state index contributed by atoms with van der Waals surface area (Å²) in [4.78, 5) is 27.9. The van der Waals surface area contributed by atoms with Crippen LogP contribution in [-0.2, 0) is 9.59 Å². The summed E-state index contributed by atoms with van der Waals surface area (Å²) in [5.41, 5.74) is 1.48. The minimum atomic E-state index is -0.668. The second kappa shape index (κ2) is 8.06. The van der Waals surface area contributed by atoms with Crippen molar-refractivity contribution < 1.29 is 24.2 Å². The molecule has 1 unspecified atom stereocenters. The highest BCUT2D eigenvalue weighted by atomic mass is 32.1. The number of hydrogen-bond acceptors (Lipinski definition) is 6. The molecule has 1 aromatic heterocycles. The molecular weight excluding hydrogens is 378 g/mol. The van der Waals surface area contributed by atoms with Gasteiger partial charge in [0.05, 0.1) is 25.8 Å². The van der Waals surface area contributed by atoms with Crippen molar-refractivity contribution >= 4 is 28.8 Å². The fraction of sp³-hybridized carbons (Fsp3) is 0.333. The maximum absolute atomic E-state index is 12.8. The van der Waals surface area contributed by atoms with Gasteiger partial charge in [0.25, 0.3) is 11.7 Å². The molecule has 148 valence electrons. The van der Waals surface area contributed by atoms with Crippen molar-refractivity contribution in [2.75, 3.05) is 20.8 Å². The molecule has 1 fully saturated rings. The van der Waals surface area contributed by atoms with Crippen LogP contribution in [0.3, 0.4) is 0 Å². The zero-order valence-corrected chi connectivity index (χ0v) is 17.1. The van der Waals surface area contributed by atoms with Gasteiger partial charge in [-0.25, -0.2) is 0 Å². The minimum Gasteiger partial charge on any atom is -0.507 e. The number of likely N-dealkylation sites (tertiary alicyclic amines) is 1. The van der Waals surface area contributed by atoms with Gasteiger partial charge in [-0.3, -0.25) is 9.59 Å². The molecule has 1 aromatic carbocycles. The number of thiophene rings is 1. The number of aliphatic hydroxyl groups is 1. The second-order valence-corrected chi connectivity index (χ2v) is 7.48. The molecule has 0 bridgehead atoms. The largest absolute Gasteiger partial charge is 0.507 e. The fourth-order valence-corrected chi connectivity index (χ4v) is 4.47. The van der Waals surface area contributed by atoms with Gasteiger partial charge in [-0.15, -0.1) is 11.3 Å². The molecular formula is C21H23NO5S. The molecule has 1 atom stereocenters. The molecule has 28 heavy (non-hydrogen) atoms. The lowest BCUT2D eigenvalue weighted by Crippen LogP contribution is -2.30. The maximum Gasteiger partial charge on any atom is 0.295 e. The third-order valence-electron chi connectivity index (χ3n) is 4.81. The van der Waals surface area contributed by atoms with Gasteiger partial charge in [-0.05, 0) is 48.6 Å². The van der Waals surface area contributed by atoms with E-state index in [4.69, 9.17) is 9.47 Å². The third kappa shape index (κ3) is 3.26. The van der Waals surface area contributed by atoms with Crippen molar-refractivity contribution in [3.8, 4) is 11.5 Å². The number of rotatable bonds is 6. The smallest absolute Gasteiger partial charge is 0.295 e. The number of carbonyl (C=O) groups is 2. The number of nitrogens with zero attached hydrogens (tertiary/aromatic N) is 1. The summed E-state index contributed by atoms with van der Waals surface area (Å²) in [5, 5.41) is 13.0. The average Bonchev–Trinajstić information content (AvgIpc) is 3.23. The van der Waals surface area contributed by atoms with Crippen molar-refractivity contribution in [1.29, 1.82) is 0 Å². The van der Waals surface area contributed by atoms with Crippen LogP contribution in [-0.4, -0.2) is 42.5 Å². The highest BCUT2D eigenvalue weighted by molar-refractivity contribution is 7.10. The number of aryl methyl sites for hydroxylation is 1. The van der Waals surface area contributed by atoms with Crippen LogP contribution < -0.4 is 9.47 Å². The summed E-state index contributed by atoms with van der Waals surface area (Å²) in [6, 6.07) is 6.25. The summed E-state index contributed by atoms with van der Waals surface area (Å²) in [7, 11) is 3.02. The van der Waals surface area contributed by atoms with Crippen molar-refractivity contribution in [2.24, 2.45) is 0 Å². The predicted octanol–water partition coefficient (Wildman–Crippen LogP) is 3.91. The topological polar surface area (TPSA) is 76.1 Å². The van der Waals surface area contributed by atoms with Gasteiger partial charge in [0.2, 0.25) is 0 Å². The molecule has 0 radical (unpaired) electrons. The molecule has 1 amide bonds. The molecule has 2 heterocycles. The van der Waals surface area contributed by atoms with Crippen LogP contribution in [0.5, 0.6) is 11.5 Å². The highest BCUT2D eigenvalue weighted by Gasteiger charge is 2.46. The lowest BCUT2D eigenvalue weighted by atomic mass is 9.98. The zero-order chi connectivity index (χ0) is 20.4. The van der Waals surface area contributed by atoms with E-state index in [0.29, 0.717) is 30.0 Å². The van der Waals surface area contributed by atoms with E-state index < -0.39 is 17.7 Å². The maximum atomic E-state index is 12.8. The Morgan fingerprint density at radius 2 is 1.89 bits per heavy atom. The molecule has 0 saturated carbocycles. The van der Waals surface area contributed by atoms with Gasteiger partial charge >= 0.3 is 0 Å². The molecule has 1 N–H and O–H groups in total. The predicted molar refractivity (Wildman–Crippen MR) is 108 cm³/mol. The minimum absolute atomic E-state index is 0.108. The van der Waals surface area contributed by atoms with Crippen LogP contribution >= 0.6 is 11.3 Å². The summed E-state index contributed by atoms with van der Waals surface area (Å²) in [6.45, 7) is 4.33. The number of hydrogen-bond donors (Lipinski definition) is 1. The summed E-state index contributed by atoms with van der Waals surface area (Å²) in [5.74, 6) is -0.523. The molecule has 0 spiro atoms. The number of aliphatic hydroxyl groups excluding tert-OH is 1. The Hall–Kier alpha value is -2.80. The van der Waals surface area contributed by atoms with E-state index in [-0.39, 0.29) is 11.3 Å². The van der Waals surface area contributed by atoms with E-state index >= 15 is 0 Å². The molecule has 1 aliphatic heterocycles. The lowest BCUT2D eigenvalue weighted by Gasteiger charge is -2.24. The first-order valence-electron chi connectivity index (χ1n) is 8.99. The van der Waals surface area contributed by atoms with Crippen molar-refractivity contribution in [2.45, 2.75) is 26.3 Å². The number of carbonyl (C=O) groups excluding carboxylic acids is 2. The van der Waals surface area contributed by atoms with E-state index in [1.807, 2.05) is 25.3 Å². The number of ether oxygens (including phenoxy) is 2. The van der Waals surface area contributed by atoms with Crippen molar-refractivity contribution in [3.63, 3.8) is 0 Å². The van der Waals surface area contributed by atoms with E-state index in [9.17, 15) is 14.7 Å². The monoisotopic (exact) mass is 401 g/mol. The van der Waals surface area contributed by atoms with E-state index in [1.165, 1.54) is 25.6 Å². The zero-order valence-electron chi connectivity index (χ0n) is 16.3. The number of ketones is 1. The van der Waals surface area contributed by atoms with Crippen LogP contribution in [0.2, 0.25) is 0 Å². The Morgan fingerprint density at radius 1 is 1.18 bits per heavy atom. The first-order valence-corrected chi connectivity index (χ1v) is 9.87. The van der Waals surface area contributed by atoms with Gasteiger partial charge in [0, 0.05) is 17.0 Å². The molecule has 7 heteroatoms. The van der Waals surface area contributed by atoms with E-state index in [1.54, 1.807) is 23.1 Å². The molecule has 3 rings (SSSR count).